The molecule has 16 heavy (non-hydrogen) atoms. The fourth-order valence-corrected chi connectivity index (χ4v) is 1.23. The molecule has 0 radical (unpaired) electrons. The van der Waals surface area contributed by atoms with Crippen molar-refractivity contribution in [2.24, 2.45) is 0 Å². The van der Waals surface area contributed by atoms with E-state index in [1.807, 2.05) is 0 Å². The third kappa shape index (κ3) is 3.47. The molecule has 1 aromatic heterocycles. The number of aryl methyl sites for hydroxylation is 1. The summed E-state index contributed by atoms with van der Waals surface area (Å²) in [5.74, 6) is 0.255. The van der Waals surface area contributed by atoms with Crippen LogP contribution in [0, 0.1) is 17.0 Å². The van der Waals surface area contributed by atoms with Crippen LogP contribution < -0.4 is 5.32 Å². The molecule has 1 rings (SSSR count). The van der Waals surface area contributed by atoms with E-state index < -0.39 is 11.0 Å². The molecule has 0 saturated carbocycles. The normalized spacial score (nSPS) is 12.2. The molecule has 1 aromatic rings. The fourth-order valence-electron chi connectivity index (χ4n) is 1.23. The van der Waals surface area contributed by atoms with Crippen molar-refractivity contribution >= 4 is 11.5 Å². The molecule has 6 heteroatoms. The maximum Gasteiger partial charge on any atom is 0.311 e. The molecule has 0 aliphatic heterocycles. The summed E-state index contributed by atoms with van der Waals surface area (Å²) < 4.78 is 0. The summed E-state index contributed by atoms with van der Waals surface area (Å²) in [5, 5.41) is 22.6. The van der Waals surface area contributed by atoms with Crippen molar-refractivity contribution < 1.29 is 10.0 Å². The number of nitro groups is 1. The molecule has 0 fully saturated rings. The Morgan fingerprint density at radius 2 is 2.31 bits per heavy atom. The van der Waals surface area contributed by atoms with Gasteiger partial charge in [-0.1, -0.05) is 0 Å². The number of hydrogen-bond acceptors (Lipinski definition) is 5. The number of nitrogens with zero attached hydrogens (tertiary/aromatic N) is 2. The predicted octanol–water partition coefficient (Wildman–Crippen LogP) is 1.48. The maximum absolute atomic E-state index is 10.7. The minimum atomic E-state index is -0.475. The first kappa shape index (κ1) is 12.4. The Bertz CT molecular complexity index is 380. The van der Waals surface area contributed by atoms with Crippen molar-refractivity contribution in [2.75, 3.05) is 11.9 Å². The first-order valence-corrected chi connectivity index (χ1v) is 5.04. The Kier molecular flexibility index (Phi) is 4.19. The predicted molar refractivity (Wildman–Crippen MR) is 60.4 cm³/mol. The van der Waals surface area contributed by atoms with Gasteiger partial charge in [0.1, 0.15) is 0 Å². The molecule has 88 valence electrons. The lowest BCUT2D eigenvalue weighted by molar-refractivity contribution is -0.384. The Morgan fingerprint density at radius 3 is 2.88 bits per heavy atom. The van der Waals surface area contributed by atoms with Crippen molar-refractivity contribution in [1.29, 1.82) is 0 Å². The maximum atomic E-state index is 10.7. The summed E-state index contributed by atoms with van der Waals surface area (Å²) in [5.41, 5.74) is 0.668. The second kappa shape index (κ2) is 5.41. The van der Waals surface area contributed by atoms with Gasteiger partial charge < -0.3 is 10.4 Å². The molecule has 0 bridgehead atoms. The molecule has 0 saturated heterocycles. The van der Waals surface area contributed by atoms with E-state index in [0.29, 0.717) is 18.7 Å². The van der Waals surface area contributed by atoms with Crippen molar-refractivity contribution in [3.8, 4) is 0 Å². The quantitative estimate of drug-likeness (QED) is 0.585. The molecule has 6 nitrogen and oxygen atoms in total. The summed E-state index contributed by atoms with van der Waals surface area (Å²) in [4.78, 5) is 14.3. The zero-order valence-corrected chi connectivity index (χ0v) is 9.30. The number of nitrogens with one attached hydrogen (secondary N) is 1. The highest BCUT2D eigenvalue weighted by Gasteiger charge is 2.14. The number of hydrogen-bond donors (Lipinski definition) is 2. The standard InChI is InChI=1S/C10H15N3O3/c1-7-3-4-9(13(15)16)10(12-7)11-6-5-8(2)14/h3-4,8,14H,5-6H2,1-2H3,(H,11,12). The number of anilines is 1. The van der Waals surface area contributed by atoms with Gasteiger partial charge in [0, 0.05) is 18.3 Å². The smallest absolute Gasteiger partial charge is 0.311 e. The van der Waals surface area contributed by atoms with Gasteiger partial charge in [0.2, 0.25) is 5.82 Å². The molecule has 1 heterocycles. The van der Waals surface area contributed by atoms with Crippen LogP contribution in [-0.4, -0.2) is 27.7 Å². The lowest BCUT2D eigenvalue weighted by atomic mass is 10.3. The summed E-state index contributed by atoms with van der Waals surface area (Å²) in [6, 6.07) is 3.02. The van der Waals surface area contributed by atoms with Crippen LogP contribution >= 0.6 is 0 Å². The molecule has 1 unspecified atom stereocenters. The largest absolute Gasteiger partial charge is 0.393 e. The Balaban J connectivity index is 2.76. The van der Waals surface area contributed by atoms with E-state index in [2.05, 4.69) is 10.3 Å². The van der Waals surface area contributed by atoms with Gasteiger partial charge in [-0.15, -0.1) is 0 Å². The van der Waals surface area contributed by atoms with Crippen LogP contribution in [0.3, 0.4) is 0 Å². The average molecular weight is 225 g/mol. The highest BCUT2D eigenvalue weighted by atomic mass is 16.6. The number of aromatic nitrogens is 1. The average Bonchev–Trinajstić information content (AvgIpc) is 2.16. The van der Waals surface area contributed by atoms with Crippen LogP contribution in [0.5, 0.6) is 0 Å². The van der Waals surface area contributed by atoms with Crippen molar-refractivity contribution in [1.82, 2.24) is 4.98 Å². The number of pyridine rings is 1. The molecule has 0 aliphatic carbocycles. The van der Waals surface area contributed by atoms with E-state index in [1.165, 1.54) is 6.07 Å². The van der Waals surface area contributed by atoms with E-state index in [1.54, 1.807) is 19.9 Å². The summed E-state index contributed by atoms with van der Waals surface area (Å²) >= 11 is 0. The molecule has 0 amide bonds. The van der Waals surface area contributed by atoms with Gasteiger partial charge in [-0.3, -0.25) is 10.1 Å². The molecular weight excluding hydrogens is 210 g/mol. The van der Waals surface area contributed by atoms with Crippen LogP contribution in [0.4, 0.5) is 11.5 Å². The first-order valence-electron chi connectivity index (χ1n) is 5.04. The third-order valence-electron chi connectivity index (χ3n) is 2.06. The summed E-state index contributed by atoms with van der Waals surface area (Å²) in [6.07, 6.45) is 0.0867. The fraction of sp³-hybridized carbons (Fsp3) is 0.500. The first-order chi connectivity index (χ1) is 7.50. The van der Waals surface area contributed by atoms with Gasteiger partial charge in [-0.2, -0.15) is 0 Å². The second-order valence-corrected chi connectivity index (χ2v) is 3.64. The SMILES string of the molecule is Cc1ccc([N+](=O)[O-])c(NCCC(C)O)n1. The monoisotopic (exact) mass is 225 g/mol. The van der Waals surface area contributed by atoms with Gasteiger partial charge in [-0.25, -0.2) is 4.98 Å². The zero-order chi connectivity index (χ0) is 12.1. The second-order valence-electron chi connectivity index (χ2n) is 3.64. The number of rotatable bonds is 5. The van der Waals surface area contributed by atoms with Crippen molar-refractivity contribution in [2.45, 2.75) is 26.4 Å². The lowest BCUT2D eigenvalue weighted by Gasteiger charge is -2.07. The van der Waals surface area contributed by atoms with Crippen LogP contribution in [-0.2, 0) is 0 Å². The molecule has 1 atom stereocenters. The minimum absolute atomic E-state index is 0.0452. The van der Waals surface area contributed by atoms with Crippen LogP contribution in [0.25, 0.3) is 0 Å². The van der Waals surface area contributed by atoms with E-state index in [4.69, 9.17) is 5.11 Å². The molecule has 0 aromatic carbocycles. The highest BCUT2D eigenvalue weighted by molar-refractivity contribution is 5.55. The third-order valence-corrected chi connectivity index (χ3v) is 2.06. The van der Waals surface area contributed by atoms with Crippen LogP contribution in [0.2, 0.25) is 0 Å². The number of aliphatic hydroxyl groups is 1. The lowest BCUT2D eigenvalue weighted by Crippen LogP contribution is -2.12. The highest BCUT2D eigenvalue weighted by Crippen LogP contribution is 2.21. The van der Waals surface area contributed by atoms with Gasteiger partial charge >= 0.3 is 5.69 Å². The Labute approximate surface area is 93.5 Å². The van der Waals surface area contributed by atoms with Crippen LogP contribution in [0.1, 0.15) is 19.0 Å². The summed E-state index contributed by atoms with van der Waals surface area (Å²) in [6.45, 7) is 3.89. The number of aliphatic hydroxyl groups excluding tert-OH is 1. The minimum Gasteiger partial charge on any atom is -0.393 e. The van der Waals surface area contributed by atoms with Gasteiger partial charge in [0.05, 0.1) is 11.0 Å². The molecule has 0 aliphatic rings. The zero-order valence-electron chi connectivity index (χ0n) is 9.30. The van der Waals surface area contributed by atoms with E-state index in [0.717, 1.165) is 0 Å². The van der Waals surface area contributed by atoms with E-state index in [9.17, 15) is 10.1 Å². The van der Waals surface area contributed by atoms with E-state index in [-0.39, 0.29) is 11.5 Å². The van der Waals surface area contributed by atoms with Gasteiger partial charge in [0.25, 0.3) is 0 Å². The van der Waals surface area contributed by atoms with Gasteiger partial charge in [0.15, 0.2) is 0 Å². The van der Waals surface area contributed by atoms with Crippen molar-refractivity contribution in [3.05, 3.63) is 27.9 Å². The van der Waals surface area contributed by atoms with Crippen LogP contribution in [0.15, 0.2) is 12.1 Å². The molecular formula is C10H15N3O3. The summed E-state index contributed by atoms with van der Waals surface area (Å²) in [7, 11) is 0. The Hall–Kier alpha value is -1.69. The van der Waals surface area contributed by atoms with Gasteiger partial charge in [-0.05, 0) is 26.3 Å². The topological polar surface area (TPSA) is 88.3 Å². The molecule has 2 N–H and O–H groups in total. The van der Waals surface area contributed by atoms with Crippen molar-refractivity contribution in [3.63, 3.8) is 0 Å². The molecule has 0 spiro atoms. The Morgan fingerprint density at radius 1 is 1.62 bits per heavy atom. The van der Waals surface area contributed by atoms with E-state index >= 15 is 0 Å².